The molecule has 2 unspecified atom stereocenters. The third-order valence-corrected chi connectivity index (χ3v) is 21.1. The molecule has 105 heavy (non-hydrogen) atoms. The van der Waals surface area contributed by atoms with Gasteiger partial charge in [-0.2, -0.15) is 0 Å². The summed E-state index contributed by atoms with van der Waals surface area (Å²) in [5.74, 6) is -2.75. The summed E-state index contributed by atoms with van der Waals surface area (Å²) in [6, 6.07) is -1.14. The summed E-state index contributed by atoms with van der Waals surface area (Å²) in [7, 11) is -7.97. The average Bonchev–Trinajstić information content (AvgIpc) is 1.65. The molecule has 8 amide bonds. The van der Waals surface area contributed by atoms with Gasteiger partial charge in [0.2, 0.25) is 47.3 Å². The van der Waals surface area contributed by atoms with E-state index in [1.165, 1.54) is 32.2 Å². The number of hydrogen-bond donors (Lipinski definition) is 13. The number of phosphoric ester groups is 1. The van der Waals surface area contributed by atoms with Crippen LogP contribution in [0.5, 0.6) is 0 Å². The first-order valence-electron chi connectivity index (χ1n) is 37.0. The maximum absolute atomic E-state index is 14.0. The van der Waals surface area contributed by atoms with E-state index < -0.39 is 57.1 Å². The number of phosphoric acid groups is 1. The second-order valence-electron chi connectivity index (χ2n) is 27.2. The number of amides is 8. The van der Waals surface area contributed by atoms with Gasteiger partial charge < -0.3 is 100 Å². The molecule has 35 nitrogen and oxygen atoms in total. The molecule has 1 aliphatic carbocycles. The lowest BCUT2D eigenvalue weighted by Gasteiger charge is -2.34. The second-order valence-corrected chi connectivity index (χ2v) is 31.0. The fraction of sp³-hybridized carbons (Fsp3) is 0.809. The van der Waals surface area contributed by atoms with Crippen LogP contribution in [0.4, 0.5) is 0 Å². The molecule has 0 radical (unpaired) electrons. The van der Waals surface area contributed by atoms with Gasteiger partial charge in [-0.15, -0.1) is 0 Å². The Morgan fingerprint density at radius 3 is 1.45 bits per heavy atom. The molecule has 600 valence electrons. The lowest BCUT2D eigenvalue weighted by Crippen LogP contribution is -2.58. The number of fused-ring (bicyclic) bond motifs is 1. The topological polar surface area (TPSA) is 488 Å². The van der Waals surface area contributed by atoms with Crippen LogP contribution in [0.15, 0.2) is 12.7 Å². The van der Waals surface area contributed by atoms with Crippen molar-refractivity contribution in [3.63, 3.8) is 0 Å². The van der Waals surface area contributed by atoms with Gasteiger partial charge in [-0.1, -0.05) is 25.7 Å². The number of ether oxygens (including phenoxy) is 4. The zero-order valence-corrected chi connectivity index (χ0v) is 63.7. The van der Waals surface area contributed by atoms with Gasteiger partial charge >= 0.3 is 15.4 Å². The van der Waals surface area contributed by atoms with Gasteiger partial charge in [0.05, 0.1) is 83.1 Å². The summed E-state index contributed by atoms with van der Waals surface area (Å²) in [4.78, 5) is 139. The van der Waals surface area contributed by atoms with Crippen LogP contribution >= 0.6 is 15.4 Å². The number of methoxy groups -OCH3 is 1. The molecule has 2 aromatic heterocycles. The Bertz CT molecular complexity index is 2900. The fourth-order valence-corrected chi connectivity index (χ4v) is 13.6. The van der Waals surface area contributed by atoms with Gasteiger partial charge in [-0.3, -0.25) is 52.0 Å². The quantitative estimate of drug-likeness (QED) is 0.0334. The van der Waals surface area contributed by atoms with E-state index in [4.69, 9.17) is 47.8 Å². The summed E-state index contributed by atoms with van der Waals surface area (Å²) in [6.45, 7) is 4.87. The van der Waals surface area contributed by atoms with Crippen molar-refractivity contribution in [1.29, 1.82) is 0 Å². The molecule has 1 saturated heterocycles. The number of hydrogen-bond acceptors (Lipinski definition) is 24. The molecule has 2 aliphatic rings. The monoisotopic (exact) mass is 1530 g/mol. The number of aromatic nitrogens is 4. The number of rotatable bonds is 60. The summed E-state index contributed by atoms with van der Waals surface area (Å²) in [5.41, 5.74) is 0.355. The molecule has 7 atom stereocenters. The summed E-state index contributed by atoms with van der Waals surface area (Å²) >= 11 is 0. The maximum Gasteiger partial charge on any atom is 0.472 e. The fourth-order valence-electron chi connectivity index (χ4n) is 11.7. The van der Waals surface area contributed by atoms with Gasteiger partial charge in [0.1, 0.15) is 17.4 Å². The van der Waals surface area contributed by atoms with Crippen LogP contribution in [0.25, 0.3) is 11.2 Å². The zero-order chi connectivity index (χ0) is 76.9. The number of nitrogens with zero attached hydrogens (tertiary/aromatic N) is 5. The summed E-state index contributed by atoms with van der Waals surface area (Å²) < 4.78 is 69.2. The minimum Gasteiger partial charge on any atom is -0.396 e. The Morgan fingerprint density at radius 1 is 0.543 bits per heavy atom. The standard InChI is InChI=1S/C68H120N12O23P2/c1-51-65-66(76-49-75-51)80(50-77-65)53-40-52(44-101-104(93,94)67(2,3)97-4)56(42-53)103-105(95,96)102-45-54-41-55(84)43-79(54)64(92)24-10-8-6-5-7-9-23-63(91)78-68(46-98-37-25-60(88)72-31-17-28-69-57(85)20-11-14-34-81,47-99-38-26-61(89)73-32-18-29-70-58(86)21-12-15-35-82)48-100-39-27-62(90)74-33-19-30-71-59(87)22-13-16-36-83/h49-50,52-56,81-84H,5-48H2,1-4H3,(H,69,85)(H,70,86)(H,71,87)(H,72,88)(H,73,89)(H,74,90)(H,78,91)(H,93,94)(H,95,96)/t52-,53-,54+,55-,56+/m1/s1. The van der Waals surface area contributed by atoms with Crippen molar-refractivity contribution < 1.29 is 110 Å². The highest BCUT2D eigenvalue weighted by atomic mass is 31.2. The van der Waals surface area contributed by atoms with Crippen molar-refractivity contribution >= 4 is 73.8 Å². The van der Waals surface area contributed by atoms with Gasteiger partial charge in [0.15, 0.2) is 11.0 Å². The van der Waals surface area contributed by atoms with E-state index in [-0.39, 0.29) is 216 Å². The highest BCUT2D eigenvalue weighted by Gasteiger charge is 2.46. The van der Waals surface area contributed by atoms with E-state index in [1.807, 2.05) is 0 Å². The molecule has 1 saturated carbocycles. The van der Waals surface area contributed by atoms with Crippen molar-refractivity contribution in [2.75, 3.05) is 126 Å². The molecule has 37 heteroatoms. The molecule has 0 bridgehead atoms. The van der Waals surface area contributed by atoms with Crippen molar-refractivity contribution in [1.82, 2.24) is 61.6 Å². The number of nitrogens with one attached hydrogen (secondary N) is 7. The van der Waals surface area contributed by atoms with E-state index in [0.717, 1.165) is 6.42 Å². The van der Waals surface area contributed by atoms with Crippen LogP contribution in [0, 0.1) is 12.8 Å². The average molecular weight is 1540 g/mol. The number of unbranched alkanes of at least 4 members (excludes halogenated alkanes) is 8. The predicted molar refractivity (Wildman–Crippen MR) is 384 cm³/mol. The normalized spacial score (nSPS) is 18.0. The Morgan fingerprint density at radius 2 is 0.981 bits per heavy atom. The van der Waals surface area contributed by atoms with Crippen LogP contribution < -0.4 is 37.2 Å². The van der Waals surface area contributed by atoms with Gasteiger partial charge in [-0.25, -0.2) is 19.5 Å². The Kier molecular flexibility index (Phi) is 44.3. The number of β-amino-alcohol motifs (C(OH)–C–C–N with tert-alkyl or cyclic N) is 1. The van der Waals surface area contributed by atoms with E-state index in [2.05, 4.69) is 52.2 Å². The maximum atomic E-state index is 14.0. The van der Waals surface area contributed by atoms with Crippen molar-refractivity contribution in [2.45, 2.75) is 223 Å². The molecule has 2 fully saturated rings. The Balaban J connectivity index is 1.32. The third-order valence-electron chi connectivity index (χ3n) is 18.0. The Hall–Kier alpha value is -5.75. The highest BCUT2D eigenvalue weighted by Crippen LogP contribution is 2.57. The number of carbonyl (C=O) groups is 8. The molecule has 13 N–H and O–H groups in total. The number of likely N-dealkylation sites (tertiary alicyclic amines) is 1. The molecule has 0 aromatic carbocycles. The number of imidazole rings is 1. The van der Waals surface area contributed by atoms with E-state index in [0.29, 0.717) is 126 Å². The minimum absolute atomic E-state index is 0.00530. The van der Waals surface area contributed by atoms with Crippen molar-refractivity contribution in [2.24, 2.45) is 5.92 Å². The van der Waals surface area contributed by atoms with Gasteiger partial charge in [-0.05, 0) is 111 Å². The largest absolute Gasteiger partial charge is 0.472 e. The zero-order valence-electron chi connectivity index (χ0n) is 61.9. The number of aliphatic hydroxyl groups excluding tert-OH is 4. The third kappa shape index (κ3) is 36.8. The first-order chi connectivity index (χ1) is 50.3. The summed E-state index contributed by atoms with van der Waals surface area (Å²) in [6.07, 6.45) is 10.8. The smallest absolute Gasteiger partial charge is 0.396 e. The number of aryl methyl sites for hydroxylation is 1. The summed E-state index contributed by atoms with van der Waals surface area (Å²) in [5, 5.41) is 55.9. The SMILES string of the molecule is COC(C)(C)P(=O)(O)OC[C@H]1C[C@@H](n2cnc3c(C)ncnc32)C[C@@H]1OP(=O)(O)OC[C@@H]1C[C@@H](O)CN1C(=O)CCCCCCCCC(=O)NC(COCCC(=O)NCCCNC(=O)CCCCO)(COCCC(=O)NCCCNC(=O)CCCCO)COCCC(=O)NCCCNC(=O)CCCCO. The molecule has 1 aliphatic heterocycles. The van der Waals surface area contributed by atoms with Crippen LogP contribution in [-0.2, 0) is 80.0 Å². The molecular formula is C68H120N12O23P2. The molecule has 3 heterocycles. The van der Waals surface area contributed by atoms with Crippen LogP contribution in [0.1, 0.15) is 193 Å². The first-order valence-corrected chi connectivity index (χ1v) is 40.1. The van der Waals surface area contributed by atoms with E-state index in [9.17, 15) is 62.4 Å². The molecule has 4 rings (SSSR count). The number of aliphatic hydroxyl groups is 4. The van der Waals surface area contributed by atoms with Crippen LogP contribution in [0.3, 0.4) is 0 Å². The van der Waals surface area contributed by atoms with Gasteiger partial charge in [0.25, 0.3) is 0 Å². The van der Waals surface area contributed by atoms with Crippen LogP contribution in [0.2, 0.25) is 0 Å². The van der Waals surface area contributed by atoms with Crippen molar-refractivity contribution in [3.05, 3.63) is 18.3 Å². The van der Waals surface area contributed by atoms with E-state index >= 15 is 0 Å². The number of carbonyl (C=O) groups excluding carboxylic acids is 8. The molecule has 0 spiro atoms. The van der Waals surface area contributed by atoms with Crippen molar-refractivity contribution in [3.8, 4) is 0 Å². The van der Waals surface area contributed by atoms with Crippen LogP contribution in [-0.4, -0.2) is 257 Å². The minimum atomic E-state index is -4.88. The Labute approximate surface area is 616 Å². The predicted octanol–water partition coefficient (Wildman–Crippen LogP) is 2.69. The first kappa shape index (κ1) is 91.6. The lowest BCUT2D eigenvalue weighted by atomic mass is 10.0. The molecular weight excluding hydrogens is 1410 g/mol. The molecule has 2 aromatic rings. The lowest BCUT2D eigenvalue weighted by molar-refractivity contribution is -0.133. The van der Waals surface area contributed by atoms with Gasteiger partial charge in [0, 0.05) is 136 Å². The highest BCUT2D eigenvalue weighted by molar-refractivity contribution is 7.54. The second kappa shape index (κ2) is 50.8. The van der Waals surface area contributed by atoms with E-state index in [1.54, 1.807) is 17.8 Å².